The Morgan fingerprint density at radius 1 is 1.14 bits per heavy atom. The van der Waals surface area contributed by atoms with Crippen molar-refractivity contribution in [3.05, 3.63) is 77.0 Å². The fraction of sp³-hybridized carbons (Fsp3) is 0.273. The molecular formula is C22H23N3O4. The van der Waals surface area contributed by atoms with Gasteiger partial charge in [-0.3, -0.25) is 4.79 Å². The second-order valence-electron chi connectivity index (χ2n) is 7.30. The smallest absolute Gasteiger partial charge is 0.319 e. The Hall–Kier alpha value is -3.32. The van der Waals surface area contributed by atoms with E-state index in [1.807, 2.05) is 54.6 Å². The van der Waals surface area contributed by atoms with Gasteiger partial charge in [-0.15, -0.1) is 0 Å². The van der Waals surface area contributed by atoms with Gasteiger partial charge in [-0.05, 0) is 30.2 Å². The van der Waals surface area contributed by atoms with Crippen LogP contribution in [0.25, 0.3) is 0 Å². The molecule has 3 N–H and O–H groups in total. The summed E-state index contributed by atoms with van der Waals surface area (Å²) in [6.07, 6.45) is -0.636. The number of nitrogens with zero attached hydrogens (tertiary/aromatic N) is 1. The number of urea groups is 1. The fourth-order valence-electron chi connectivity index (χ4n) is 3.64. The third kappa shape index (κ3) is 4.09. The zero-order valence-electron chi connectivity index (χ0n) is 16.1. The Labute approximate surface area is 169 Å². The normalized spacial score (nSPS) is 19.5. The molecule has 2 aliphatic rings. The largest absolute Gasteiger partial charge is 0.489 e. The van der Waals surface area contributed by atoms with Gasteiger partial charge in [0.1, 0.15) is 12.4 Å². The molecule has 7 nitrogen and oxygen atoms in total. The average Bonchev–Trinajstić information content (AvgIpc) is 3.01. The highest BCUT2D eigenvalue weighted by atomic mass is 16.5. The van der Waals surface area contributed by atoms with Crippen molar-refractivity contribution < 1.29 is 19.4 Å². The number of ether oxygens (including phenoxy) is 1. The Morgan fingerprint density at radius 3 is 2.55 bits per heavy atom. The van der Waals surface area contributed by atoms with E-state index in [0.717, 1.165) is 11.1 Å². The van der Waals surface area contributed by atoms with Crippen LogP contribution in [0.5, 0.6) is 5.75 Å². The summed E-state index contributed by atoms with van der Waals surface area (Å²) >= 11 is 0. The van der Waals surface area contributed by atoms with E-state index in [2.05, 4.69) is 10.6 Å². The number of rotatable bonds is 6. The molecule has 2 atom stereocenters. The highest BCUT2D eigenvalue weighted by Gasteiger charge is 2.40. The van der Waals surface area contributed by atoms with E-state index in [-0.39, 0.29) is 18.5 Å². The maximum Gasteiger partial charge on any atom is 0.319 e. The van der Waals surface area contributed by atoms with Gasteiger partial charge in [0, 0.05) is 6.54 Å². The van der Waals surface area contributed by atoms with Gasteiger partial charge in [-0.1, -0.05) is 42.5 Å². The predicted octanol–water partition coefficient (Wildman–Crippen LogP) is 2.10. The monoisotopic (exact) mass is 393 g/mol. The van der Waals surface area contributed by atoms with E-state index in [1.54, 1.807) is 11.8 Å². The molecule has 0 aliphatic carbocycles. The molecular weight excluding hydrogens is 370 g/mol. The van der Waals surface area contributed by atoms with Crippen LogP contribution in [0.15, 0.2) is 65.9 Å². The summed E-state index contributed by atoms with van der Waals surface area (Å²) in [6.45, 7) is 2.61. The van der Waals surface area contributed by atoms with Crippen LogP contribution in [0, 0.1) is 0 Å². The van der Waals surface area contributed by atoms with Crippen molar-refractivity contribution in [3.8, 4) is 5.75 Å². The van der Waals surface area contributed by atoms with Crippen LogP contribution >= 0.6 is 0 Å². The first-order valence-corrected chi connectivity index (χ1v) is 9.56. The van der Waals surface area contributed by atoms with Crippen LogP contribution in [0.3, 0.4) is 0 Å². The van der Waals surface area contributed by atoms with Gasteiger partial charge in [0.2, 0.25) is 0 Å². The second kappa shape index (κ2) is 7.97. The van der Waals surface area contributed by atoms with Crippen molar-refractivity contribution in [3.63, 3.8) is 0 Å². The number of carbonyl (C=O) groups is 2. The summed E-state index contributed by atoms with van der Waals surface area (Å²) in [5.41, 5.74) is 2.98. The minimum Gasteiger partial charge on any atom is -0.489 e. The van der Waals surface area contributed by atoms with E-state index in [9.17, 15) is 14.7 Å². The van der Waals surface area contributed by atoms with Crippen LogP contribution in [-0.2, 0) is 11.4 Å². The number of benzene rings is 2. The first-order chi connectivity index (χ1) is 14.0. The van der Waals surface area contributed by atoms with Gasteiger partial charge in [-0.25, -0.2) is 4.79 Å². The van der Waals surface area contributed by atoms with Gasteiger partial charge in [0.15, 0.2) is 0 Å². The predicted molar refractivity (Wildman–Crippen MR) is 107 cm³/mol. The molecule has 0 unspecified atom stereocenters. The Morgan fingerprint density at radius 2 is 1.86 bits per heavy atom. The summed E-state index contributed by atoms with van der Waals surface area (Å²) in [5, 5.41) is 15.2. The van der Waals surface area contributed by atoms with Crippen LogP contribution in [0.2, 0.25) is 0 Å². The fourth-order valence-corrected chi connectivity index (χ4v) is 3.64. The van der Waals surface area contributed by atoms with E-state index < -0.39 is 12.1 Å². The molecule has 0 radical (unpaired) electrons. The van der Waals surface area contributed by atoms with Crippen LogP contribution in [0.1, 0.15) is 24.1 Å². The molecule has 0 saturated carbocycles. The maximum atomic E-state index is 12.8. The zero-order chi connectivity index (χ0) is 20.4. The summed E-state index contributed by atoms with van der Waals surface area (Å²) < 4.78 is 5.81. The Bertz CT molecular complexity index is 938. The number of nitrogens with one attached hydrogen (secondary N) is 2. The molecule has 0 fully saturated rings. The quantitative estimate of drug-likeness (QED) is 0.701. The number of amides is 3. The number of carbonyl (C=O) groups excluding carboxylic acids is 2. The van der Waals surface area contributed by atoms with Crippen molar-refractivity contribution >= 4 is 11.9 Å². The lowest BCUT2D eigenvalue weighted by Crippen LogP contribution is -2.44. The van der Waals surface area contributed by atoms with Crippen molar-refractivity contribution in [2.45, 2.75) is 25.7 Å². The van der Waals surface area contributed by atoms with Gasteiger partial charge >= 0.3 is 6.03 Å². The number of hydrogen-bond acceptors (Lipinski definition) is 4. The molecule has 0 spiro atoms. The molecule has 0 aromatic heterocycles. The van der Waals surface area contributed by atoms with Crippen LogP contribution in [-0.4, -0.2) is 41.1 Å². The van der Waals surface area contributed by atoms with Crippen molar-refractivity contribution in [2.75, 3.05) is 13.1 Å². The lowest BCUT2D eigenvalue weighted by atomic mass is 9.96. The number of hydrogen-bond donors (Lipinski definition) is 3. The molecule has 4 rings (SSSR count). The lowest BCUT2D eigenvalue weighted by Gasteiger charge is -2.25. The van der Waals surface area contributed by atoms with E-state index in [1.165, 1.54) is 0 Å². The molecule has 3 amide bonds. The SMILES string of the molecule is C[C@H](O)CN1CC2=C(C1=O)[C@H](c1ccc(OCc3ccccc3)cc1)NC(=O)N2. The standard InChI is InChI=1S/C22H23N3O4/c1-14(26)11-25-12-18-19(21(25)27)20(24-22(28)23-18)16-7-9-17(10-8-16)29-13-15-5-3-2-4-6-15/h2-10,14,20,26H,11-13H2,1H3,(H2,23,24,28)/t14-,20-/m0/s1. The third-order valence-corrected chi connectivity index (χ3v) is 4.97. The van der Waals surface area contributed by atoms with Crippen LogP contribution in [0.4, 0.5) is 4.79 Å². The van der Waals surface area contributed by atoms with Crippen LogP contribution < -0.4 is 15.4 Å². The Kier molecular flexibility index (Phi) is 5.22. The number of β-amino-alcohol motifs (C(OH)–C–C–N with tert-alkyl or cyclic N) is 1. The molecule has 7 heteroatoms. The first kappa shape index (κ1) is 19.0. The Balaban J connectivity index is 1.50. The molecule has 29 heavy (non-hydrogen) atoms. The van der Waals surface area contributed by atoms with Crippen molar-refractivity contribution in [1.82, 2.24) is 15.5 Å². The van der Waals surface area contributed by atoms with Gasteiger partial charge in [0.25, 0.3) is 5.91 Å². The summed E-state index contributed by atoms with van der Waals surface area (Å²) in [4.78, 5) is 26.5. The third-order valence-electron chi connectivity index (χ3n) is 4.97. The summed E-state index contributed by atoms with van der Waals surface area (Å²) in [5.74, 6) is 0.531. The van der Waals surface area contributed by atoms with Gasteiger partial charge < -0.3 is 25.4 Å². The molecule has 2 aliphatic heterocycles. The highest BCUT2D eigenvalue weighted by molar-refractivity contribution is 6.01. The summed E-state index contributed by atoms with van der Waals surface area (Å²) in [6, 6.07) is 16.4. The minimum atomic E-state index is -0.636. The van der Waals surface area contributed by atoms with Crippen molar-refractivity contribution in [2.24, 2.45) is 0 Å². The maximum absolute atomic E-state index is 12.8. The molecule has 2 heterocycles. The van der Waals surface area contributed by atoms with Gasteiger partial charge in [0.05, 0.1) is 30.0 Å². The van der Waals surface area contributed by atoms with E-state index in [4.69, 9.17) is 4.74 Å². The van der Waals surface area contributed by atoms with E-state index in [0.29, 0.717) is 30.2 Å². The van der Waals surface area contributed by atoms with Crippen molar-refractivity contribution in [1.29, 1.82) is 0 Å². The number of aliphatic hydroxyl groups is 1. The van der Waals surface area contributed by atoms with Gasteiger partial charge in [-0.2, -0.15) is 0 Å². The molecule has 150 valence electrons. The second-order valence-corrected chi connectivity index (χ2v) is 7.30. The first-order valence-electron chi connectivity index (χ1n) is 9.56. The minimum absolute atomic E-state index is 0.178. The zero-order valence-corrected chi connectivity index (χ0v) is 16.1. The van der Waals surface area contributed by atoms with E-state index >= 15 is 0 Å². The average molecular weight is 393 g/mol. The summed E-state index contributed by atoms with van der Waals surface area (Å²) in [7, 11) is 0. The highest BCUT2D eigenvalue weighted by Crippen LogP contribution is 2.33. The molecule has 0 saturated heterocycles. The number of aliphatic hydroxyl groups excluding tert-OH is 1. The molecule has 2 aromatic rings. The molecule has 0 bridgehead atoms. The topological polar surface area (TPSA) is 90.9 Å². The molecule has 2 aromatic carbocycles. The lowest BCUT2D eigenvalue weighted by molar-refractivity contribution is -0.126.